The van der Waals surface area contributed by atoms with Crippen LogP contribution in [0, 0.1) is 5.41 Å². The lowest BCUT2D eigenvalue weighted by Crippen LogP contribution is -2.52. The van der Waals surface area contributed by atoms with E-state index in [2.05, 4.69) is 31.4 Å². The summed E-state index contributed by atoms with van der Waals surface area (Å²) in [6.07, 6.45) is 0.172. The Kier molecular flexibility index (Phi) is 5.36. The number of hydrogen-bond donors (Lipinski definition) is 3. The molecule has 1 rings (SSSR count). The van der Waals surface area contributed by atoms with Gasteiger partial charge in [-0.15, -0.1) is 0 Å². The minimum atomic E-state index is -0.497. The molecule has 0 aromatic heterocycles. The molecule has 17 heavy (non-hydrogen) atoms. The highest BCUT2D eigenvalue weighted by atomic mass is 16.5. The number of hydrogen-bond acceptors (Lipinski definition) is 4. The van der Waals surface area contributed by atoms with Gasteiger partial charge in [0.05, 0.1) is 19.3 Å². The molecule has 2 atom stereocenters. The van der Waals surface area contributed by atoms with E-state index in [0.29, 0.717) is 32.7 Å². The lowest BCUT2D eigenvalue weighted by Gasteiger charge is -2.25. The van der Waals surface area contributed by atoms with Crippen molar-refractivity contribution < 1.29 is 14.6 Å². The quantitative estimate of drug-likeness (QED) is 0.645. The maximum absolute atomic E-state index is 11.7. The summed E-state index contributed by atoms with van der Waals surface area (Å²) >= 11 is 0. The molecule has 0 aromatic rings. The Morgan fingerprint density at radius 1 is 1.59 bits per heavy atom. The number of aliphatic hydroxyl groups is 1. The van der Waals surface area contributed by atoms with Crippen molar-refractivity contribution >= 4 is 5.91 Å². The predicted molar refractivity (Wildman–Crippen MR) is 65.7 cm³/mol. The van der Waals surface area contributed by atoms with Gasteiger partial charge in [-0.25, -0.2) is 0 Å². The fourth-order valence-corrected chi connectivity index (χ4v) is 1.85. The highest BCUT2D eigenvalue weighted by Crippen LogP contribution is 2.20. The van der Waals surface area contributed by atoms with Gasteiger partial charge in [0.1, 0.15) is 6.04 Å². The number of carbonyl (C=O) groups is 1. The van der Waals surface area contributed by atoms with Gasteiger partial charge in [0.15, 0.2) is 0 Å². The Morgan fingerprint density at radius 3 is 2.82 bits per heavy atom. The summed E-state index contributed by atoms with van der Waals surface area (Å²) in [5.41, 5.74) is 0.0658. The highest BCUT2D eigenvalue weighted by molar-refractivity contribution is 5.81. The SMILES string of the molecule is CC(C)(C)CC(O)CNC(=O)C1COCCN1. The molecule has 0 radical (unpaired) electrons. The molecule has 0 saturated carbocycles. The summed E-state index contributed by atoms with van der Waals surface area (Å²) in [7, 11) is 0. The van der Waals surface area contributed by atoms with Crippen LogP contribution in [0.15, 0.2) is 0 Å². The van der Waals surface area contributed by atoms with Gasteiger partial charge in [0.25, 0.3) is 0 Å². The van der Waals surface area contributed by atoms with Crippen molar-refractivity contribution in [2.45, 2.75) is 39.3 Å². The second-order valence-electron chi connectivity index (χ2n) is 5.75. The van der Waals surface area contributed by atoms with Crippen LogP contribution in [0.2, 0.25) is 0 Å². The second-order valence-corrected chi connectivity index (χ2v) is 5.75. The Hall–Kier alpha value is -0.650. The topological polar surface area (TPSA) is 70.6 Å². The average molecular weight is 244 g/mol. The molecule has 1 aliphatic heterocycles. The maximum Gasteiger partial charge on any atom is 0.239 e. The van der Waals surface area contributed by atoms with Crippen molar-refractivity contribution in [2.24, 2.45) is 5.41 Å². The summed E-state index contributed by atoms with van der Waals surface area (Å²) in [4.78, 5) is 11.7. The zero-order valence-corrected chi connectivity index (χ0v) is 11.0. The Bertz CT molecular complexity index is 245. The van der Waals surface area contributed by atoms with Crippen LogP contribution in [0.1, 0.15) is 27.2 Å². The molecule has 2 unspecified atom stereocenters. The molecule has 0 bridgehead atoms. The zero-order chi connectivity index (χ0) is 12.9. The lowest BCUT2D eigenvalue weighted by molar-refractivity contribution is -0.126. The summed E-state index contributed by atoms with van der Waals surface area (Å²) in [6, 6.07) is -0.286. The number of carbonyl (C=O) groups excluding carboxylic acids is 1. The maximum atomic E-state index is 11.7. The van der Waals surface area contributed by atoms with E-state index >= 15 is 0 Å². The van der Waals surface area contributed by atoms with Gasteiger partial charge in [0, 0.05) is 13.1 Å². The van der Waals surface area contributed by atoms with Crippen molar-refractivity contribution in [1.82, 2.24) is 10.6 Å². The van der Waals surface area contributed by atoms with Crippen molar-refractivity contribution in [3.63, 3.8) is 0 Å². The molecule has 0 spiro atoms. The summed E-state index contributed by atoms with van der Waals surface area (Å²) in [5.74, 6) is -0.0994. The van der Waals surface area contributed by atoms with Crippen LogP contribution in [-0.4, -0.2) is 49.5 Å². The molecule has 1 amide bonds. The monoisotopic (exact) mass is 244 g/mol. The first-order valence-electron chi connectivity index (χ1n) is 6.15. The minimum Gasteiger partial charge on any atom is -0.391 e. The molecule has 3 N–H and O–H groups in total. The van der Waals surface area contributed by atoms with Crippen molar-refractivity contribution in [3.8, 4) is 0 Å². The summed E-state index contributed by atoms with van der Waals surface area (Å²) in [5, 5.41) is 15.6. The van der Waals surface area contributed by atoms with Gasteiger partial charge in [-0.1, -0.05) is 20.8 Å². The van der Waals surface area contributed by atoms with E-state index < -0.39 is 6.10 Å². The van der Waals surface area contributed by atoms with Crippen LogP contribution in [0.3, 0.4) is 0 Å². The molecular formula is C12H24N2O3. The molecule has 0 aromatic carbocycles. The van der Waals surface area contributed by atoms with Crippen LogP contribution in [-0.2, 0) is 9.53 Å². The third kappa shape index (κ3) is 6.00. The first-order chi connectivity index (χ1) is 7.88. The third-order valence-corrected chi connectivity index (χ3v) is 2.60. The number of amides is 1. The Morgan fingerprint density at radius 2 is 2.29 bits per heavy atom. The van der Waals surface area contributed by atoms with Gasteiger partial charge >= 0.3 is 0 Å². The third-order valence-electron chi connectivity index (χ3n) is 2.60. The first-order valence-corrected chi connectivity index (χ1v) is 6.15. The van der Waals surface area contributed by atoms with E-state index in [0.717, 1.165) is 0 Å². The Labute approximate surface area is 103 Å². The molecule has 1 aliphatic rings. The zero-order valence-electron chi connectivity index (χ0n) is 11.0. The summed E-state index contributed by atoms with van der Waals surface area (Å²) in [6.45, 7) is 8.24. The van der Waals surface area contributed by atoms with E-state index in [1.54, 1.807) is 0 Å². The van der Waals surface area contributed by atoms with Gasteiger partial charge < -0.3 is 20.5 Å². The molecule has 1 fully saturated rings. The smallest absolute Gasteiger partial charge is 0.239 e. The molecule has 1 saturated heterocycles. The lowest BCUT2D eigenvalue weighted by atomic mass is 9.89. The Balaban J connectivity index is 2.22. The van der Waals surface area contributed by atoms with Gasteiger partial charge in [-0.2, -0.15) is 0 Å². The molecular weight excluding hydrogens is 220 g/mol. The van der Waals surface area contributed by atoms with Crippen LogP contribution in [0.5, 0.6) is 0 Å². The van der Waals surface area contributed by atoms with E-state index in [1.165, 1.54) is 0 Å². The van der Waals surface area contributed by atoms with Gasteiger partial charge in [0.2, 0.25) is 5.91 Å². The number of nitrogens with one attached hydrogen (secondary N) is 2. The number of aliphatic hydroxyl groups excluding tert-OH is 1. The van der Waals surface area contributed by atoms with E-state index in [-0.39, 0.29) is 17.4 Å². The highest BCUT2D eigenvalue weighted by Gasteiger charge is 2.22. The molecule has 5 heteroatoms. The van der Waals surface area contributed by atoms with Crippen LogP contribution in [0.4, 0.5) is 0 Å². The van der Waals surface area contributed by atoms with Crippen LogP contribution >= 0.6 is 0 Å². The molecule has 1 heterocycles. The molecule has 0 aliphatic carbocycles. The van der Waals surface area contributed by atoms with Crippen molar-refractivity contribution in [1.29, 1.82) is 0 Å². The van der Waals surface area contributed by atoms with E-state index in [4.69, 9.17) is 4.74 Å². The largest absolute Gasteiger partial charge is 0.391 e. The van der Waals surface area contributed by atoms with Crippen LogP contribution in [0.25, 0.3) is 0 Å². The average Bonchev–Trinajstić information content (AvgIpc) is 2.25. The van der Waals surface area contributed by atoms with Gasteiger partial charge in [-0.3, -0.25) is 4.79 Å². The second kappa shape index (κ2) is 6.33. The first kappa shape index (κ1) is 14.4. The minimum absolute atomic E-state index is 0.0658. The standard InChI is InChI=1S/C12H24N2O3/c1-12(2,3)6-9(15)7-14-11(16)10-8-17-5-4-13-10/h9-10,13,15H,4-8H2,1-3H3,(H,14,16). The molecule has 100 valence electrons. The van der Waals surface area contributed by atoms with Gasteiger partial charge in [-0.05, 0) is 11.8 Å². The van der Waals surface area contributed by atoms with Crippen molar-refractivity contribution in [2.75, 3.05) is 26.3 Å². The van der Waals surface area contributed by atoms with E-state index in [1.807, 2.05) is 0 Å². The number of ether oxygens (including phenoxy) is 1. The van der Waals surface area contributed by atoms with Crippen molar-refractivity contribution in [3.05, 3.63) is 0 Å². The number of morpholine rings is 1. The van der Waals surface area contributed by atoms with Crippen LogP contribution < -0.4 is 10.6 Å². The number of rotatable bonds is 4. The summed E-state index contributed by atoms with van der Waals surface area (Å²) < 4.78 is 5.20. The normalized spacial score (nSPS) is 23.2. The predicted octanol–water partition coefficient (Wildman–Crippen LogP) is -0.112. The fourth-order valence-electron chi connectivity index (χ4n) is 1.85. The van der Waals surface area contributed by atoms with E-state index in [9.17, 15) is 9.90 Å². The molecule has 5 nitrogen and oxygen atoms in total. The fraction of sp³-hybridized carbons (Fsp3) is 0.917.